The van der Waals surface area contributed by atoms with Gasteiger partial charge in [-0.2, -0.15) is 0 Å². The number of ether oxygens (including phenoxy) is 1. The number of anilines is 2. The summed E-state index contributed by atoms with van der Waals surface area (Å²) in [5.74, 6) is 1.32. The van der Waals surface area contributed by atoms with Crippen LogP contribution in [0, 0.1) is 0 Å². The molecule has 1 heterocycles. The zero-order valence-corrected chi connectivity index (χ0v) is 9.68. The topological polar surface area (TPSA) is 74.2 Å². The molecule has 0 saturated heterocycles. The lowest BCUT2D eigenvalue weighted by Crippen LogP contribution is -2.03. The highest BCUT2D eigenvalue weighted by Crippen LogP contribution is 2.21. The van der Waals surface area contributed by atoms with E-state index < -0.39 is 0 Å². The molecule has 0 saturated carbocycles. The summed E-state index contributed by atoms with van der Waals surface area (Å²) >= 11 is 0. The standard InChI is InChI=1S/C13H15N3O/c1-17-10-4-2-9(3-5-10)8-11-12(14)6-7-16-13(11)15/h2-7H,8H2,1H3,(H4,14,15,16). The molecule has 0 aliphatic heterocycles. The Balaban J connectivity index is 2.25. The molecular formula is C13H15N3O. The fourth-order valence-electron chi connectivity index (χ4n) is 1.66. The Hall–Kier alpha value is -2.23. The van der Waals surface area contributed by atoms with Crippen molar-refractivity contribution in [1.82, 2.24) is 4.98 Å². The number of methoxy groups -OCH3 is 1. The second kappa shape index (κ2) is 4.74. The highest BCUT2D eigenvalue weighted by Gasteiger charge is 2.06. The lowest BCUT2D eigenvalue weighted by molar-refractivity contribution is 0.414. The van der Waals surface area contributed by atoms with Crippen molar-refractivity contribution in [2.24, 2.45) is 0 Å². The van der Waals surface area contributed by atoms with E-state index in [1.807, 2.05) is 24.3 Å². The van der Waals surface area contributed by atoms with Gasteiger partial charge in [-0.1, -0.05) is 12.1 Å². The molecular weight excluding hydrogens is 214 g/mol. The van der Waals surface area contributed by atoms with Crippen LogP contribution in [0.25, 0.3) is 0 Å². The number of hydrogen-bond acceptors (Lipinski definition) is 4. The van der Waals surface area contributed by atoms with Gasteiger partial charge in [0.1, 0.15) is 11.6 Å². The first-order valence-electron chi connectivity index (χ1n) is 5.32. The maximum Gasteiger partial charge on any atom is 0.128 e. The minimum absolute atomic E-state index is 0.487. The van der Waals surface area contributed by atoms with Crippen molar-refractivity contribution in [2.45, 2.75) is 6.42 Å². The van der Waals surface area contributed by atoms with Gasteiger partial charge >= 0.3 is 0 Å². The summed E-state index contributed by atoms with van der Waals surface area (Å²) in [6.45, 7) is 0. The van der Waals surface area contributed by atoms with Crippen LogP contribution in [0.3, 0.4) is 0 Å². The predicted molar refractivity (Wildman–Crippen MR) is 68.9 cm³/mol. The Morgan fingerprint density at radius 1 is 1.12 bits per heavy atom. The van der Waals surface area contributed by atoms with Gasteiger partial charge < -0.3 is 16.2 Å². The Morgan fingerprint density at radius 2 is 1.82 bits per heavy atom. The van der Waals surface area contributed by atoms with Gasteiger partial charge in [0.2, 0.25) is 0 Å². The van der Waals surface area contributed by atoms with Crippen molar-refractivity contribution in [2.75, 3.05) is 18.6 Å². The smallest absolute Gasteiger partial charge is 0.128 e. The van der Waals surface area contributed by atoms with E-state index in [0.717, 1.165) is 16.9 Å². The van der Waals surface area contributed by atoms with Crippen LogP contribution in [0.5, 0.6) is 5.75 Å². The molecule has 0 aliphatic rings. The van der Waals surface area contributed by atoms with Gasteiger partial charge in [-0.25, -0.2) is 4.98 Å². The van der Waals surface area contributed by atoms with Crippen molar-refractivity contribution in [3.8, 4) is 5.75 Å². The molecule has 0 atom stereocenters. The van der Waals surface area contributed by atoms with Crippen LogP contribution >= 0.6 is 0 Å². The molecule has 0 aliphatic carbocycles. The number of benzene rings is 1. The SMILES string of the molecule is COc1ccc(Cc2c(N)ccnc2N)cc1. The van der Waals surface area contributed by atoms with Crippen LogP contribution in [0.2, 0.25) is 0 Å². The molecule has 0 fully saturated rings. The summed E-state index contributed by atoms with van der Waals surface area (Å²) in [7, 11) is 1.64. The molecule has 17 heavy (non-hydrogen) atoms. The van der Waals surface area contributed by atoms with E-state index in [1.54, 1.807) is 19.4 Å². The average Bonchev–Trinajstić information content (AvgIpc) is 2.35. The second-order valence-corrected chi connectivity index (χ2v) is 3.79. The molecule has 88 valence electrons. The Bertz CT molecular complexity index is 488. The van der Waals surface area contributed by atoms with E-state index in [2.05, 4.69) is 4.98 Å². The van der Waals surface area contributed by atoms with Gasteiger partial charge in [-0.15, -0.1) is 0 Å². The van der Waals surface area contributed by atoms with Gasteiger partial charge in [0.25, 0.3) is 0 Å². The maximum absolute atomic E-state index is 5.88. The third-order valence-corrected chi connectivity index (χ3v) is 2.67. The third-order valence-electron chi connectivity index (χ3n) is 2.67. The van der Waals surface area contributed by atoms with E-state index in [1.165, 1.54) is 0 Å². The summed E-state index contributed by atoms with van der Waals surface area (Å²) in [4.78, 5) is 4.04. The van der Waals surface area contributed by atoms with Gasteiger partial charge in [-0.05, 0) is 23.8 Å². The minimum Gasteiger partial charge on any atom is -0.497 e. The number of nitrogens with zero attached hydrogens (tertiary/aromatic N) is 1. The van der Waals surface area contributed by atoms with Crippen LogP contribution in [0.1, 0.15) is 11.1 Å². The van der Waals surface area contributed by atoms with Crippen LogP contribution in [-0.4, -0.2) is 12.1 Å². The van der Waals surface area contributed by atoms with Crippen LogP contribution in [0.4, 0.5) is 11.5 Å². The van der Waals surface area contributed by atoms with E-state index in [9.17, 15) is 0 Å². The Morgan fingerprint density at radius 3 is 2.41 bits per heavy atom. The zero-order valence-electron chi connectivity index (χ0n) is 9.68. The second-order valence-electron chi connectivity index (χ2n) is 3.79. The fraction of sp³-hybridized carbons (Fsp3) is 0.154. The summed E-state index contributed by atoms with van der Waals surface area (Å²) in [6, 6.07) is 9.57. The number of pyridine rings is 1. The number of rotatable bonds is 3. The molecule has 1 aromatic carbocycles. The molecule has 2 rings (SSSR count). The van der Waals surface area contributed by atoms with Crippen molar-refractivity contribution in [3.63, 3.8) is 0 Å². The van der Waals surface area contributed by atoms with Gasteiger partial charge in [0, 0.05) is 23.9 Å². The van der Waals surface area contributed by atoms with E-state index in [0.29, 0.717) is 17.9 Å². The van der Waals surface area contributed by atoms with Gasteiger partial charge in [-0.3, -0.25) is 0 Å². The minimum atomic E-state index is 0.487. The third kappa shape index (κ3) is 2.47. The Kier molecular flexibility index (Phi) is 3.14. The number of nitrogen functional groups attached to an aromatic ring is 2. The maximum atomic E-state index is 5.88. The first-order valence-corrected chi connectivity index (χ1v) is 5.32. The number of aromatic nitrogens is 1. The van der Waals surface area contributed by atoms with Gasteiger partial charge in [0.05, 0.1) is 7.11 Å². The molecule has 0 spiro atoms. The van der Waals surface area contributed by atoms with E-state index in [-0.39, 0.29) is 0 Å². The van der Waals surface area contributed by atoms with Crippen LogP contribution in [-0.2, 0) is 6.42 Å². The van der Waals surface area contributed by atoms with E-state index >= 15 is 0 Å². The fourth-order valence-corrected chi connectivity index (χ4v) is 1.66. The van der Waals surface area contributed by atoms with Crippen molar-refractivity contribution in [1.29, 1.82) is 0 Å². The van der Waals surface area contributed by atoms with Crippen LogP contribution in [0.15, 0.2) is 36.5 Å². The predicted octanol–water partition coefficient (Wildman–Crippen LogP) is 1.85. The highest BCUT2D eigenvalue weighted by atomic mass is 16.5. The number of hydrogen-bond donors (Lipinski definition) is 2. The molecule has 2 aromatic rings. The van der Waals surface area contributed by atoms with E-state index in [4.69, 9.17) is 16.2 Å². The molecule has 0 amide bonds. The molecule has 1 aromatic heterocycles. The lowest BCUT2D eigenvalue weighted by Gasteiger charge is -2.08. The van der Waals surface area contributed by atoms with Crippen molar-refractivity contribution < 1.29 is 4.74 Å². The highest BCUT2D eigenvalue weighted by molar-refractivity contribution is 5.58. The zero-order chi connectivity index (χ0) is 12.3. The first-order chi connectivity index (χ1) is 8.20. The molecule has 0 bridgehead atoms. The molecule has 0 unspecified atom stereocenters. The van der Waals surface area contributed by atoms with Gasteiger partial charge in [0.15, 0.2) is 0 Å². The molecule has 4 N–H and O–H groups in total. The quantitative estimate of drug-likeness (QED) is 0.842. The monoisotopic (exact) mass is 229 g/mol. The molecule has 0 radical (unpaired) electrons. The summed E-state index contributed by atoms with van der Waals surface area (Å²) in [5.41, 5.74) is 14.4. The molecule has 4 nitrogen and oxygen atoms in total. The Labute approximate surface area is 100 Å². The summed E-state index contributed by atoms with van der Waals surface area (Å²) in [5, 5.41) is 0. The lowest BCUT2D eigenvalue weighted by atomic mass is 10.0. The largest absolute Gasteiger partial charge is 0.497 e. The average molecular weight is 229 g/mol. The molecule has 4 heteroatoms. The normalized spacial score (nSPS) is 10.2. The van der Waals surface area contributed by atoms with Crippen molar-refractivity contribution in [3.05, 3.63) is 47.7 Å². The summed E-state index contributed by atoms with van der Waals surface area (Å²) < 4.78 is 5.11. The number of nitrogens with two attached hydrogens (primary N) is 2. The first kappa shape index (κ1) is 11.3. The summed E-state index contributed by atoms with van der Waals surface area (Å²) in [6.07, 6.45) is 2.29. The van der Waals surface area contributed by atoms with Crippen LogP contribution < -0.4 is 16.2 Å². The van der Waals surface area contributed by atoms with Crippen molar-refractivity contribution >= 4 is 11.5 Å².